The fourth-order valence-electron chi connectivity index (χ4n) is 3.56. The predicted octanol–water partition coefficient (Wildman–Crippen LogP) is 3.37. The maximum Gasteiger partial charge on any atom is 0.306 e. The number of rotatable bonds is 6. The summed E-state index contributed by atoms with van der Waals surface area (Å²) >= 11 is 0. The standard InChI is InChI=1S/C23H26N2O4/c1-2-16-4-3-5-17(14-16)15-21(26)24-20-8-6-18(7-9-20)22(27)25-12-10-19(11-13-25)23(28)29/h3-9,14,19H,2,10-13,15H2,1H3,(H,24,26)(H,28,29). The second-order valence-electron chi connectivity index (χ2n) is 7.38. The van der Waals surface area contributed by atoms with E-state index in [1.165, 1.54) is 5.56 Å². The summed E-state index contributed by atoms with van der Waals surface area (Å²) in [4.78, 5) is 37.6. The van der Waals surface area contributed by atoms with Gasteiger partial charge in [-0.2, -0.15) is 0 Å². The zero-order valence-electron chi connectivity index (χ0n) is 16.6. The molecule has 6 heteroatoms. The lowest BCUT2D eigenvalue weighted by Crippen LogP contribution is -2.40. The van der Waals surface area contributed by atoms with Crippen LogP contribution in [0, 0.1) is 5.92 Å². The van der Waals surface area contributed by atoms with Crippen molar-refractivity contribution in [3.8, 4) is 0 Å². The predicted molar refractivity (Wildman–Crippen MR) is 111 cm³/mol. The van der Waals surface area contributed by atoms with Gasteiger partial charge in [0.2, 0.25) is 5.91 Å². The lowest BCUT2D eigenvalue weighted by atomic mass is 9.96. The van der Waals surface area contributed by atoms with Gasteiger partial charge in [0.15, 0.2) is 0 Å². The number of carbonyl (C=O) groups is 3. The minimum Gasteiger partial charge on any atom is -0.481 e. The smallest absolute Gasteiger partial charge is 0.306 e. The molecule has 1 heterocycles. The number of anilines is 1. The minimum atomic E-state index is -0.793. The number of hydrogen-bond donors (Lipinski definition) is 2. The largest absolute Gasteiger partial charge is 0.481 e. The molecule has 1 aliphatic heterocycles. The van der Waals surface area contributed by atoms with Gasteiger partial charge < -0.3 is 15.3 Å². The molecule has 0 unspecified atom stereocenters. The van der Waals surface area contributed by atoms with Gasteiger partial charge in [0, 0.05) is 24.3 Å². The van der Waals surface area contributed by atoms with Crippen molar-refractivity contribution in [3.05, 3.63) is 65.2 Å². The van der Waals surface area contributed by atoms with Crippen molar-refractivity contribution in [2.24, 2.45) is 5.92 Å². The molecule has 0 aromatic heterocycles. The lowest BCUT2D eigenvalue weighted by molar-refractivity contribution is -0.143. The minimum absolute atomic E-state index is 0.104. The van der Waals surface area contributed by atoms with Crippen LogP contribution in [0.3, 0.4) is 0 Å². The highest BCUT2D eigenvalue weighted by Gasteiger charge is 2.27. The van der Waals surface area contributed by atoms with Crippen LogP contribution in [0.5, 0.6) is 0 Å². The van der Waals surface area contributed by atoms with E-state index < -0.39 is 5.97 Å². The summed E-state index contributed by atoms with van der Waals surface area (Å²) in [7, 11) is 0. The Kier molecular flexibility index (Phi) is 6.65. The summed E-state index contributed by atoms with van der Waals surface area (Å²) in [5.74, 6) is -1.37. The van der Waals surface area contributed by atoms with Crippen molar-refractivity contribution in [2.45, 2.75) is 32.6 Å². The Bertz CT molecular complexity index is 884. The highest BCUT2D eigenvalue weighted by molar-refractivity contribution is 5.96. The van der Waals surface area contributed by atoms with Crippen molar-refractivity contribution in [2.75, 3.05) is 18.4 Å². The van der Waals surface area contributed by atoms with E-state index in [0.717, 1.165) is 12.0 Å². The highest BCUT2D eigenvalue weighted by Crippen LogP contribution is 2.20. The SMILES string of the molecule is CCc1cccc(CC(=O)Nc2ccc(C(=O)N3CCC(C(=O)O)CC3)cc2)c1. The first kappa shape index (κ1) is 20.6. The van der Waals surface area contributed by atoms with E-state index >= 15 is 0 Å². The van der Waals surface area contributed by atoms with Crippen LogP contribution in [0.4, 0.5) is 5.69 Å². The number of carbonyl (C=O) groups excluding carboxylic acids is 2. The maximum atomic E-state index is 12.6. The summed E-state index contributed by atoms with van der Waals surface area (Å²) in [6.07, 6.45) is 2.19. The van der Waals surface area contributed by atoms with E-state index in [0.29, 0.717) is 43.6 Å². The Morgan fingerprint density at radius 3 is 2.31 bits per heavy atom. The topological polar surface area (TPSA) is 86.7 Å². The van der Waals surface area contributed by atoms with Crippen molar-refractivity contribution < 1.29 is 19.5 Å². The fourth-order valence-corrected chi connectivity index (χ4v) is 3.56. The summed E-state index contributed by atoms with van der Waals surface area (Å²) < 4.78 is 0. The van der Waals surface area contributed by atoms with Gasteiger partial charge >= 0.3 is 5.97 Å². The van der Waals surface area contributed by atoms with Crippen LogP contribution < -0.4 is 5.32 Å². The third-order valence-corrected chi connectivity index (χ3v) is 5.31. The molecule has 152 valence electrons. The first-order valence-electron chi connectivity index (χ1n) is 9.96. The molecule has 0 spiro atoms. The van der Waals surface area contributed by atoms with Crippen molar-refractivity contribution in [1.82, 2.24) is 4.90 Å². The van der Waals surface area contributed by atoms with Crippen molar-refractivity contribution in [1.29, 1.82) is 0 Å². The number of nitrogens with zero attached hydrogens (tertiary/aromatic N) is 1. The lowest BCUT2D eigenvalue weighted by Gasteiger charge is -2.30. The monoisotopic (exact) mass is 394 g/mol. The molecule has 1 fully saturated rings. The molecule has 0 saturated carbocycles. The second kappa shape index (κ2) is 9.37. The number of benzene rings is 2. The molecule has 1 aliphatic rings. The first-order chi connectivity index (χ1) is 14.0. The number of likely N-dealkylation sites (tertiary alicyclic amines) is 1. The number of carboxylic acids is 1. The molecule has 3 rings (SSSR count). The molecule has 2 N–H and O–H groups in total. The Morgan fingerprint density at radius 2 is 1.69 bits per heavy atom. The molecule has 0 atom stereocenters. The summed E-state index contributed by atoms with van der Waals surface area (Å²) in [6, 6.07) is 14.8. The number of carboxylic acid groups (broad SMARTS) is 1. The Morgan fingerprint density at radius 1 is 1.03 bits per heavy atom. The summed E-state index contributed by atoms with van der Waals surface area (Å²) in [6.45, 7) is 2.98. The Balaban J connectivity index is 1.55. The molecule has 0 bridgehead atoms. The normalized spacial score (nSPS) is 14.4. The van der Waals surface area contributed by atoms with E-state index in [-0.39, 0.29) is 17.7 Å². The number of amides is 2. The summed E-state index contributed by atoms with van der Waals surface area (Å²) in [5.41, 5.74) is 3.35. The van der Waals surface area contributed by atoms with Crippen molar-refractivity contribution in [3.63, 3.8) is 0 Å². The van der Waals surface area contributed by atoms with Gasteiger partial charge in [-0.25, -0.2) is 0 Å². The molecule has 0 aliphatic carbocycles. The van der Waals surface area contributed by atoms with Crippen LogP contribution in [-0.4, -0.2) is 40.9 Å². The third-order valence-electron chi connectivity index (χ3n) is 5.31. The van der Waals surface area contributed by atoms with E-state index in [1.807, 2.05) is 24.3 Å². The van der Waals surface area contributed by atoms with Gasteiger partial charge in [-0.1, -0.05) is 31.2 Å². The highest BCUT2D eigenvalue weighted by atomic mass is 16.4. The Labute approximate surface area is 170 Å². The van der Waals surface area contributed by atoms with Crippen LogP contribution in [-0.2, 0) is 22.4 Å². The van der Waals surface area contributed by atoms with Gasteiger partial charge in [0.1, 0.15) is 0 Å². The van der Waals surface area contributed by atoms with Crippen LogP contribution in [0.2, 0.25) is 0 Å². The van der Waals surface area contributed by atoms with E-state index in [4.69, 9.17) is 5.11 Å². The average molecular weight is 394 g/mol. The molecular formula is C23H26N2O4. The number of hydrogen-bond acceptors (Lipinski definition) is 3. The van der Waals surface area contributed by atoms with Crippen LogP contribution in [0.1, 0.15) is 41.3 Å². The molecule has 1 saturated heterocycles. The van der Waals surface area contributed by atoms with Gasteiger partial charge in [-0.3, -0.25) is 14.4 Å². The molecule has 2 aromatic rings. The van der Waals surface area contributed by atoms with Gasteiger partial charge in [-0.05, 0) is 54.7 Å². The van der Waals surface area contributed by atoms with Crippen molar-refractivity contribution >= 4 is 23.5 Å². The van der Waals surface area contributed by atoms with Crippen LogP contribution in [0.25, 0.3) is 0 Å². The quantitative estimate of drug-likeness (QED) is 0.786. The summed E-state index contributed by atoms with van der Waals surface area (Å²) in [5, 5.41) is 11.9. The zero-order chi connectivity index (χ0) is 20.8. The fraction of sp³-hybridized carbons (Fsp3) is 0.348. The van der Waals surface area contributed by atoms with E-state index in [1.54, 1.807) is 29.2 Å². The molecule has 6 nitrogen and oxygen atoms in total. The first-order valence-corrected chi connectivity index (χ1v) is 9.96. The number of piperidine rings is 1. The van der Waals surface area contributed by atoms with Gasteiger partial charge in [-0.15, -0.1) is 0 Å². The second-order valence-corrected chi connectivity index (χ2v) is 7.38. The number of nitrogens with one attached hydrogen (secondary N) is 1. The van der Waals surface area contributed by atoms with E-state index in [2.05, 4.69) is 12.2 Å². The van der Waals surface area contributed by atoms with E-state index in [9.17, 15) is 14.4 Å². The molecule has 29 heavy (non-hydrogen) atoms. The molecule has 2 amide bonds. The molecule has 0 radical (unpaired) electrons. The third kappa shape index (κ3) is 5.44. The van der Waals surface area contributed by atoms with Crippen LogP contribution in [0.15, 0.2) is 48.5 Å². The number of aliphatic carboxylic acids is 1. The number of aryl methyl sites for hydroxylation is 1. The zero-order valence-corrected chi connectivity index (χ0v) is 16.6. The Hall–Kier alpha value is -3.15. The van der Waals surface area contributed by atoms with Gasteiger partial charge in [0.05, 0.1) is 12.3 Å². The van der Waals surface area contributed by atoms with Gasteiger partial charge in [0.25, 0.3) is 5.91 Å². The maximum absolute atomic E-state index is 12.6. The average Bonchev–Trinajstić information content (AvgIpc) is 2.74. The molecular weight excluding hydrogens is 368 g/mol. The molecule has 2 aromatic carbocycles. The van der Waals surface area contributed by atoms with Crippen LogP contribution >= 0.6 is 0 Å².